The van der Waals surface area contributed by atoms with Crippen molar-refractivity contribution in [3.63, 3.8) is 0 Å². The highest BCUT2D eigenvalue weighted by Gasteiger charge is 2.18. The molecule has 0 unspecified atom stereocenters. The number of hydrogen-bond donors (Lipinski definition) is 1. The molecule has 2 aromatic carbocycles. The van der Waals surface area contributed by atoms with Crippen molar-refractivity contribution in [1.82, 2.24) is 4.98 Å². The summed E-state index contributed by atoms with van der Waals surface area (Å²) in [7, 11) is 1.57. The molecular formula is C18H15NO3. The lowest BCUT2D eigenvalue weighted by Crippen LogP contribution is -2.05. The normalized spacial score (nSPS) is 10.6. The molecule has 0 aliphatic rings. The Morgan fingerprint density at radius 1 is 1.14 bits per heavy atom. The molecule has 110 valence electrons. The summed E-state index contributed by atoms with van der Waals surface area (Å²) in [5, 5.41) is 10.2. The average Bonchev–Trinajstić information content (AvgIpc) is 2.54. The Morgan fingerprint density at radius 3 is 2.50 bits per heavy atom. The number of aromatic carboxylic acids is 1. The Bertz CT molecular complexity index is 857. The standard InChI is InChI=1S/C18H15NO3/c1-11-16(18(20)21)14-9-8-13(22-2)10-15(14)19-17(11)12-6-4-3-5-7-12/h3-10H,1-2H3,(H,20,21). The molecule has 0 saturated carbocycles. The summed E-state index contributed by atoms with van der Waals surface area (Å²) < 4.78 is 5.21. The summed E-state index contributed by atoms with van der Waals surface area (Å²) in [5.74, 6) is -0.300. The van der Waals surface area contributed by atoms with Gasteiger partial charge in [0.2, 0.25) is 0 Å². The molecule has 0 saturated heterocycles. The van der Waals surface area contributed by atoms with Gasteiger partial charge in [-0.15, -0.1) is 0 Å². The van der Waals surface area contributed by atoms with Crippen LogP contribution in [-0.4, -0.2) is 23.2 Å². The number of rotatable bonds is 3. The third-order valence-electron chi connectivity index (χ3n) is 3.70. The number of nitrogens with zero attached hydrogens (tertiary/aromatic N) is 1. The van der Waals surface area contributed by atoms with Crippen molar-refractivity contribution in [1.29, 1.82) is 0 Å². The number of pyridine rings is 1. The van der Waals surface area contributed by atoms with Crippen LogP contribution in [0.3, 0.4) is 0 Å². The Kier molecular flexibility index (Phi) is 3.51. The first kappa shape index (κ1) is 14.1. The summed E-state index contributed by atoms with van der Waals surface area (Å²) >= 11 is 0. The van der Waals surface area contributed by atoms with E-state index in [-0.39, 0.29) is 5.56 Å². The molecule has 0 fully saturated rings. The van der Waals surface area contributed by atoms with Crippen LogP contribution in [0.2, 0.25) is 0 Å². The topological polar surface area (TPSA) is 59.4 Å². The fraction of sp³-hybridized carbons (Fsp3) is 0.111. The van der Waals surface area contributed by atoms with E-state index in [2.05, 4.69) is 4.98 Å². The Labute approximate surface area is 128 Å². The molecule has 1 heterocycles. The van der Waals surface area contributed by atoms with Gasteiger partial charge in [0.1, 0.15) is 5.75 Å². The van der Waals surface area contributed by atoms with Gasteiger partial charge in [-0.05, 0) is 24.6 Å². The van der Waals surface area contributed by atoms with E-state index in [1.807, 2.05) is 30.3 Å². The van der Waals surface area contributed by atoms with Gasteiger partial charge in [0, 0.05) is 17.0 Å². The average molecular weight is 293 g/mol. The summed E-state index contributed by atoms with van der Waals surface area (Å²) in [6, 6.07) is 14.8. The van der Waals surface area contributed by atoms with Crippen molar-refractivity contribution >= 4 is 16.9 Å². The highest BCUT2D eigenvalue weighted by atomic mass is 16.5. The number of carboxylic acids is 1. The molecular weight excluding hydrogens is 278 g/mol. The van der Waals surface area contributed by atoms with Crippen LogP contribution < -0.4 is 4.74 Å². The van der Waals surface area contributed by atoms with Gasteiger partial charge in [0.15, 0.2) is 0 Å². The van der Waals surface area contributed by atoms with Crippen molar-refractivity contribution in [2.45, 2.75) is 6.92 Å². The van der Waals surface area contributed by atoms with Crippen molar-refractivity contribution in [2.75, 3.05) is 7.11 Å². The third kappa shape index (κ3) is 2.29. The predicted molar refractivity (Wildman–Crippen MR) is 85.4 cm³/mol. The zero-order valence-corrected chi connectivity index (χ0v) is 12.3. The molecule has 1 aromatic heterocycles. The van der Waals surface area contributed by atoms with Crippen molar-refractivity contribution < 1.29 is 14.6 Å². The second-order valence-corrected chi connectivity index (χ2v) is 5.01. The number of benzene rings is 2. The molecule has 0 radical (unpaired) electrons. The third-order valence-corrected chi connectivity index (χ3v) is 3.70. The molecule has 3 aromatic rings. The van der Waals surface area contributed by atoms with Crippen molar-refractivity contribution in [3.05, 3.63) is 59.7 Å². The van der Waals surface area contributed by atoms with Crippen molar-refractivity contribution in [2.24, 2.45) is 0 Å². The van der Waals surface area contributed by atoms with Gasteiger partial charge in [-0.1, -0.05) is 30.3 Å². The van der Waals surface area contributed by atoms with Gasteiger partial charge < -0.3 is 9.84 Å². The monoisotopic (exact) mass is 293 g/mol. The first-order chi connectivity index (χ1) is 10.6. The summed E-state index contributed by atoms with van der Waals surface area (Å²) in [6.07, 6.45) is 0. The molecule has 0 atom stereocenters. The van der Waals surface area contributed by atoms with Gasteiger partial charge in [-0.2, -0.15) is 0 Å². The minimum Gasteiger partial charge on any atom is -0.497 e. The number of methoxy groups -OCH3 is 1. The molecule has 1 N–H and O–H groups in total. The fourth-order valence-corrected chi connectivity index (χ4v) is 2.62. The van der Waals surface area contributed by atoms with Crippen LogP contribution in [-0.2, 0) is 0 Å². The predicted octanol–water partition coefficient (Wildman–Crippen LogP) is 3.92. The zero-order chi connectivity index (χ0) is 15.7. The molecule has 3 rings (SSSR count). The molecule has 0 aliphatic heterocycles. The van der Waals surface area contributed by atoms with E-state index in [1.165, 1.54) is 0 Å². The quantitative estimate of drug-likeness (QED) is 0.795. The first-order valence-electron chi connectivity index (χ1n) is 6.89. The molecule has 0 aliphatic carbocycles. The number of hydrogen-bond acceptors (Lipinski definition) is 3. The summed E-state index contributed by atoms with van der Waals surface area (Å²) in [6.45, 7) is 1.79. The number of carbonyl (C=O) groups is 1. The van der Waals surface area contributed by atoms with Crippen LogP contribution >= 0.6 is 0 Å². The lowest BCUT2D eigenvalue weighted by atomic mass is 9.98. The van der Waals surface area contributed by atoms with Gasteiger partial charge in [-0.25, -0.2) is 9.78 Å². The smallest absolute Gasteiger partial charge is 0.336 e. The molecule has 0 spiro atoms. The summed E-state index contributed by atoms with van der Waals surface area (Å²) in [5.41, 5.74) is 3.13. The fourth-order valence-electron chi connectivity index (χ4n) is 2.62. The van der Waals surface area contributed by atoms with Gasteiger partial charge in [0.05, 0.1) is 23.9 Å². The molecule has 22 heavy (non-hydrogen) atoms. The van der Waals surface area contributed by atoms with Crippen LogP contribution in [0.5, 0.6) is 5.75 Å². The van der Waals surface area contributed by atoms with Crippen LogP contribution in [0.25, 0.3) is 22.2 Å². The van der Waals surface area contributed by atoms with E-state index in [9.17, 15) is 9.90 Å². The molecule has 4 nitrogen and oxygen atoms in total. The van der Waals surface area contributed by atoms with Gasteiger partial charge in [-0.3, -0.25) is 0 Å². The number of fused-ring (bicyclic) bond motifs is 1. The molecule has 0 amide bonds. The largest absolute Gasteiger partial charge is 0.497 e. The van der Waals surface area contributed by atoms with E-state index < -0.39 is 5.97 Å². The minimum absolute atomic E-state index is 0.284. The summed E-state index contributed by atoms with van der Waals surface area (Å²) in [4.78, 5) is 16.4. The highest BCUT2D eigenvalue weighted by Crippen LogP contribution is 2.31. The Morgan fingerprint density at radius 2 is 1.86 bits per heavy atom. The second kappa shape index (κ2) is 5.48. The number of aromatic nitrogens is 1. The second-order valence-electron chi connectivity index (χ2n) is 5.01. The van der Waals surface area contributed by atoms with E-state index in [4.69, 9.17) is 4.74 Å². The highest BCUT2D eigenvalue weighted by molar-refractivity contribution is 6.05. The first-order valence-corrected chi connectivity index (χ1v) is 6.89. The maximum atomic E-state index is 11.7. The van der Waals surface area contributed by atoms with E-state index >= 15 is 0 Å². The zero-order valence-electron chi connectivity index (χ0n) is 12.3. The van der Waals surface area contributed by atoms with E-state index in [0.29, 0.717) is 27.9 Å². The minimum atomic E-state index is -0.952. The lowest BCUT2D eigenvalue weighted by Gasteiger charge is -2.12. The van der Waals surface area contributed by atoms with Crippen LogP contribution in [0.1, 0.15) is 15.9 Å². The lowest BCUT2D eigenvalue weighted by molar-refractivity contribution is 0.0698. The van der Waals surface area contributed by atoms with Crippen LogP contribution in [0.15, 0.2) is 48.5 Å². The van der Waals surface area contributed by atoms with Gasteiger partial charge >= 0.3 is 5.97 Å². The van der Waals surface area contributed by atoms with Gasteiger partial charge in [0.25, 0.3) is 0 Å². The molecule has 4 heteroatoms. The maximum absolute atomic E-state index is 11.7. The number of ether oxygens (including phenoxy) is 1. The van der Waals surface area contributed by atoms with Crippen molar-refractivity contribution in [3.8, 4) is 17.0 Å². The van der Waals surface area contributed by atoms with E-state index in [1.54, 1.807) is 32.2 Å². The molecule has 0 bridgehead atoms. The van der Waals surface area contributed by atoms with Crippen LogP contribution in [0.4, 0.5) is 0 Å². The number of carboxylic acid groups (broad SMARTS) is 1. The maximum Gasteiger partial charge on any atom is 0.336 e. The Hall–Kier alpha value is -2.88. The SMILES string of the molecule is COc1ccc2c(C(=O)O)c(C)c(-c3ccccc3)nc2c1. The van der Waals surface area contributed by atoms with E-state index in [0.717, 1.165) is 5.56 Å². The Balaban J connectivity index is 2.38. The van der Waals surface area contributed by atoms with Crippen LogP contribution in [0, 0.1) is 6.92 Å².